The third kappa shape index (κ3) is 1.72. The summed E-state index contributed by atoms with van der Waals surface area (Å²) >= 11 is 0. The quantitative estimate of drug-likeness (QED) is 0.738. The molecule has 0 aliphatic heterocycles. The van der Waals surface area contributed by atoms with Crippen LogP contribution in [0.2, 0.25) is 0 Å². The SMILES string of the molecule is CC1(C)CCC(CO)(C2(O)CCC2)CC1. The van der Waals surface area contributed by atoms with Crippen LogP contribution in [0.5, 0.6) is 0 Å². The molecule has 2 nitrogen and oxygen atoms in total. The van der Waals surface area contributed by atoms with Crippen LogP contribution in [0, 0.1) is 10.8 Å². The molecule has 0 radical (unpaired) electrons. The van der Waals surface area contributed by atoms with Crippen molar-refractivity contribution < 1.29 is 10.2 Å². The molecule has 0 amide bonds. The Kier molecular flexibility index (Phi) is 2.63. The van der Waals surface area contributed by atoms with Crippen LogP contribution in [0.25, 0.3) is 0 Å². The number of aliphatic hydroxyl groups excluding tert-OH is 1. The van der Waals surface area contributed by atoms with Crippen LogP contribution >= 0.6 is 0 Å². The molecule has 2 rings (SSSR count). The average molecular weight is 212 g/mol. The average Bonchev–Trinajstić information content (AvgIpc) is 2.15. The van der Waals surface area contributed by atoms with Gasteiger partial charge in [-0.05, 0) is 50.4 Å². The van der Waals surface area contributed by atoms with Gasteiger partial charge in [-0.15, -0.1) is 0 Å². The van der Waals surface area contributed by atoms with E-state index in [9.17, 15) is 10.2 Å². The predicted octanol–water partition coefficient (Wildman–Crippen LogP) is 2.48. The molecule has 0 spiro atoms. The normalized spacial score (nSPS) is 32.0. The van der Waals surface area contributed by atoms with E-state index in [1.807, 2.05) is 0 Å². The molecule has 88 valence electrons. The van der Waals surface area contributed by atoms with E-state index in [0.29, 0.717) is 5.41 Å². The van der Waals surface area contributed by atoms with Crippen LogP contribution < -0.4 is 0 Å². The van der Waals surface area contributed by atoms with Crippen LogP contribution in [0.1, 0.15) is 58.8 Å². The maximum Gasteiger partial charge on any atom is 0.0725 e. The Labute approximate surface area is 92.7 Å². The minimum atomic E-state index is -0.543. The number of hydrogen-bond donors (Lipinski definition) is 2. The summed E-state index contributed by atoms with van der Waals surface area (Å²) in [7, 11) is 0. The van der Waals surface area contributed by atoms with Gasteiger partial charge < -0.3 is 10.2 Å². The molecule has 2 aliphatic carbocycles. The summed E-state index contributed by atoms with van der Waals surface area (Å²) in [5, 5.41) is 20.1. The summed E-state index contributed by atoms with van der Waals surface area (Å²) in [6, 6.07) is 0. The first kappa shape index (κ1) is 11.4. The summed E-state index contributed by atoms with van der Waals surface area (Å²) in [5.74, 6) is 0. The zero-order chi connectivity index (χ0) is 11.2. The molecule has 0 unspecified atom stereocenters. The molecule has 0 heterocycles. The molecule has 0 atom stereocenters. The van der Waals surface area contributed by atoms with Crippen LogP contribution in [-0.2, 0) is 0 Å². The Hall–Kier alpha value is -0.0800. The van der Waals surface area contributed by atoms with Crippen molar-refractivity contribution >= 4 is 0 Å². The van der Waals surface area contributed by atoms with E-state index in [1.54, 1.807) is 0 Å². The topological polar surface area (TPSA) is 40.5 Å². The van der Waals surface area contributed by atoms with Crippen LogP contribution in [0.3, 0.4) is 0 Å². The molecule has 0 saturated heterocycles. The first-order chi connectivity index (χ1) is 6.93. The van der Waals surface area contributed by atoms with Crippen LogP contribution in [0.4, 0.5) is 0 Å². The van der Waals surface area contributed by atoms with E-state index in [4.69, 9.17) is 0 Å². The van der Waals surface area contributed by atoms with Gasteiger partial charge in [0.1, 0.15) is 0 Å². The zero-order valence-electron chi connectivity index (χ0n) is 10.1. The number of hydrogen-bond acceptors (Lipinski definition) is 2. The van der Waals surface area contributed by atoms with Gasteiger partial charge in [0, 0.05) is 5.41 Å². The molecule has 0 aromatic carbocycles. The second kappa shape index (κ2) is 3.46. The van der Waals surface area contributed by atoms with Crippen LogP contribution in [0.15, 0.2) is 0 Å². The van der Waals surface area contributed by atoms with Gasteiger partial charge in [-0.2, -0.15) is 0 Å². The predicted molar refractivity (Wildman–Crippen MR) is 60.6 cm³/mol. The summed E-state index contributed by atoms with van der Waals surface area (Å²) in [5.41, 5.74) is -0.322. The molecule has 2 N–H and O–H groups in total. The van der Waals surface area contributed by atoms with Crippen LogP contribution in [-0.4, -0.2) is 22.4 Å². The van der Waals surface area contributed by atoms with Gasteiger partial charge >= 0.3 is 0 Å². The molecule has 0 aromatic heterocycles. The lowest BCUT2D eigenvalue weighted by Crippen LogP contribution is -2.57. The van der Waals surface area contributed by atoms with E-state index in [1.165, 1.54) is 0 Å². The maximum atomic E-state index is 10.5. The maximum absolute atomic E-state index is 10.5. The third-order valence-electron chi connectivity index (χ3n) is 5.03. The molecular weight excluding hydrogens is 188 g/mol. The highest BCUT2D eigenvalue weighted by molar-refractivity contribution is 5.06. The van der Waals surface area contributed by atoms with Crippen molar-refractivity contribution in [1.29, 1.82) is 0 Å². The van der Waals surface area contributed by atoms with E-state index in [-0.39, 0.29) is 12.0 Å². The zero-order valence-corrected chi connectivity index (χ0v) is 10.1. The second-order valence-corrected chi connectivity index (χ2v) is 6.49. The lowest BCUT2D eigenvalue weighted by atomic mass is 9.53. The fraction of sp³-hybridized carbons (Fsp3) is 1.00. The third-order valence-corrected chi connectivity index (χ3v) is 5.03. The highest BCUT2D eigenvalue weighted by Crippen LogP contribution is 2.56. The van der Waals surface area contributed by atoms with Crippen molar-refractivity contribution in [3.05, 3.63) is 0 Å². The van der Waals surface area contributed by atoms with E-state index in [0.717, 1.165) is 44.9 Å². The molecule has 2 heteroatoms. The Bertz CT molecular complexity index is 231. The summed E-state index contributed by atoms with van der Waals surface area (Å²) < 4.78 is 0. The van der Waals surface area contributed by atoms with Gasteiger partial charge in [-0.3, -0.25) is 0 Å². The molecule has 0 bridgehead atoms. The van der Waals surface area contributed by atoms with E-state index >= 15 is 0 Å². The van der Waals surface area contributed by atoms with Gasteiger partial charge in [0.2, 0.25) is 0 Å². The highest BCUT2D eigenvalue weighted by Gasteiger charge is 2.55. The number of aliphatic hydroxyl groups is 2. The first-order valence-electron chi connectivity index (χ1n) is 6.26. The summed E-state index contributed by atoms with van der Waals surface area (Å²) in [6.07, 6.45) is 7.18. The Morgan fingerprint density at radius 1 is 0.933 bits per heavy atom. The minimum Gasteiger partial charge on any atom is -0.396 e. The standard InChI is InChI=1S/C13H24O2/c1-11(2)6-8-12(10-14,9-7-11)13(15)4-3-5-13/h14-15H,3-10H2,1-2H3. The molecule has 0 aromatic rings. The largest absolute Gasteiger partial charge is 0.396 e. The minimum absolute atomic E-state index is 0.166. The van der Waals surface area contributed by atoms with Crippen molar-refractivity contribution in [3.63, 3.8) is 0 Å². The first-order valence-corrected chi connectivity index (χ1v) is 6.26. The van der Waals surface area contributed by atoms with Gasteiger partial charge in [0.25, 0.3) is 0 Å². The van der Waals surface area contributed by atoms with Crippen molar-refractivity contribution in [3.8, 4) is 0 Å². The smallest absolute Gasteiger partial charge is 0.0725 e. The molecule has 2 saturated carbocycles. The van der Waals surface area contributed by atoms with Gasteiger partial charge in [-0.25, -0.2) is 0 Å². The summed E-state index contributed by atoms with van der Waals surface area (Å²) in [6.45, 7) is 4.75. The second-order valence-electron chi connectivity index (χ2n) is 6.49. The molecule has 2 aliphatic rings. The van der Waals surface area contributed by atoms with Crippen molar-refractivity contribution in [1.82, 2.24) is 0 Å². The fourth-order valence-corrected chi connectivity index (χ4v) is 3.22. The van der Waals surface area contributed by atoms with E-state index < -0.39 is 5.60 Å². The monoisotopic (exact) mass is 212 g/mol. The van der Waals surface area contributed by atoms with Gasteiger partial charge in [-0.1, -0.05) is 13.8 Å². The van der Waals surface area contributed by atoms with Crippen molar-refractivity contribution in [2.45, 2.75) is 64.4 Å². The fourth-order valence-electron chi connectivity index (χ4n) is 3.22. The molecule has 2 fully saturated rings. The van der Waals surface area contributed by atoms with Gasteiger partial charge in [0.05, 0.1) is 12.2 Å². The lowest BCUT2D eigenvalue weighted by molar-refractivity contribution is -0.179. The van der Waals surface area contributed by atoms with Crippen molar-refractivity contribution in [2.75, 3.05) is 6.61 Å². The van der Waals surface area contributed by atoms with Gasteiger partial charge in [0.15, 0.2) is 0 Å². The highest BCUT2D eigenvalue weighted by atomic mass is 16.3. The molecular formula is C13H24O2. The lowest BCUT2D eigenvalue weighted by Gasteiger charge is -2.56. The summed E-state index contributed by atoms with van der Waals surface area (Å²) in [4.78, 5) is 0. The van der Waals surface area contributed by atoms with E-state index in [2.05, 4.69) is 13.8 Å². The number of rotatable bonds is 2. The van der Waals surface area contributed by atoms with Crippen molar-refractivity contribution in [2.24, 2.45) is 10.8 Å². The Balaban J connectivity index is 2.11. The Morgan fingerprint density at radius 2 is 1.47 bits per heavy atom. The Morgan fingerprint density at radius 3 is 1.80 bits per heavy atom. The molecule has 15 heavy (non-hydrogen) atoms.